The summed E-state index contributed by atoms with van der Waals surface area (Å²) in [6.07, 6.45) is 1.31. The Morgan fingerprint density at radius 3 is 2.14 bits per heavy atom. The molecule has 3 fully saturated rings. The molecule has 5 rings (SSSR count). The third-order valence-electron chi connectivity index (χ3n) is 8.43. The molecule has 7 nitrogen and oxygen atoms in total. The van der Waals surface area contributed by atoms with Crippen molar-refractivity contribution >= 4 is 29.5 Å². The molecule has 0 radical (unpaired) electrons. The molecule has 3 amide bonds. The summed E-state index contributed by atoms with van der Waals surface area (Å²) in [5.41, 5.74) is 1.98. The topological polar surface area (TPSA) is 98.7 Å². The minimum absolute atomic E-state index is 0.0134. The summed E-state index contributed by atoms with van der Waals surface area (Å²) in [5.74, 6) is -1.52. The van der Waals surface area contributed by atoms with E-state index in [1.165, 1.54) is 0 Å². The number of aliphatic hydroxyl groups is 1. The Bertz CT molecular complexity index is 1140. The molecule has 3 aliphatic heterocycles. The number of benzene rings is 2. The number of thioether (sulfide) groups is 1. The smallest absolute Gasteiger partial charge is 0.244 e. The molecular formula is C29H35N3O4S. The van der Waals surface area contributed by atoms with Gasteiger partial charge >= 0.3 is 0 Å². The van der Waals surface area contributed by atoms with E-state index in [9.17, 15) is 19.5 Å². The average Bonchev–Trinajstić information content (AvgIpc) is 3.52. The predicted octanol–water partition coefficient (Wildman–Crippen LogP) is 2.73. The molecule has 2 aromatic carbocycles. The van der Waals surface area contributed by atoms with Gasteiger partial charge in [0.1, 0.15) is 6.04 Å². The first kappa shape index (κ1) is 25.8. The fraction of sp³-hybridized carbons (Fsp3) is 0.483. The van der Waals surface area contributed by atoms with E-state index < -0.39 is 28.7 Å². The number of amides is 3. The zero-order chi connectivity index (χ0) is 26.2. The van der Waals surface area contributed by atoms with E-state index in [0.29, 0.717) is 19.5 Å². The highest BCUT2D eigenvalue weighted by molar-refractivity contribution is 8.02. The normalized spacial score (nSPS) is 30.7. The number of fused-ring (bicyclic) bond motifs is 1. The molecule has 3 unspecified atom stereocenters. The van der Waals surface area contributed by atoms with E-state index >= 15 is 0 Å². The second kappa shape index (κ2) is 10.5. The third-order valence-corrected chi connectivity index (χ3v) is 10.5. The second-order valence-electron chi connectivity index (χ2n) is 10.4. The van der Waals surface area contributed by atoms with Crippen LogP contribution in [0.5, 0.6) is 0 Å². The third kappa shape index (κ3) is 4.34. The van der Waals surface area contributed by atoms with Gasteiger partial charge in [-0.05, 0) is 29.9 Å². The molecule has 196 valence electrons. The number of hydrogen-bond donors (Lipinski definition) is 3. The maximum atomic E-state index is 14.1. The van der Waals surface area contributed by atoms with Crippen LogP contribution in [0, 0.1) is 17.8 Å². The van der Waals surface area contributed by atoms with E-state index in [-0.39, 0.29) is 35.5 Å². The SMILES string of the molecule is CC[C@@H](CO)N1C(=O)[C@@H]2[C@H](C(=O)NCc3ccccc3)[C@@H]3CC(C)C2(S3)C1C(=O)NCc1ccccc1. The number of nitrogens with one attached hydrogen (secondary N) is 2. The molecule has 37 heavy (non-hydrogen) atoms. The van der Waals surface area contributed by atoms with Gasteiger partial charge in [-0.15, -0.1) is 11.8 Å². The molecule has 0 aromatic heterocycles. The molecule has 1 spiro atoms. The van der Waals surface area contributed by atoms with Gasteiger partial charge in [0.25, 0.3) is 0 Å². The fourth-order valence-electron chi connectivity index (χ4n) is 6.65. The van der Waals surface area contributed by atoms with Gasteiger partial charge in [0, 0.05) is 18.3 Å². The highest BCUT2D eigenvalue weighted by atomic mass is 32.2. The fourth-order valence-corrected chi connectivity index (χ4v) is 9.06. The van der Waals surface area contributed by atoms with Crippen LogP contribution < -0.4 is 10.6 Å². The summed E-state index contributed by atoms with van der Waals surface area (Å²) in [6, 6.07) is 18.2. The van der Waals surface area contributed by atoms with Crippen molar-refractivity contribution in [3.05, 3.63) is 71.8 Å². The minimum Gasteiger partial charge on any atom is -0.394 e. The summed E-state index contributed by atoms with van der Waals surface area (Å²) in [7, 11) is 0. The van der Waals surface area contributed by atoms with Crippen molar-refractivity contribution in [3.8, 4) is 0 Å². The lowest BCUT2D eigenvalue weighted by Crippen LogP contribution is -2.58. The number of aliphatic hydroxyl groups excluding tert-OH is 1. The van der Waals surface area contributed by atoms with Crippen LogP contribution in [0.1, 0.15) is 37.8 Å². The number of carbonyl (C=O) groups excluding carboxylic acids is 3. The number of likely N-dealkylation sites (tertiary alicyclic amines) is 1. The van der Waals surface area contributed by atoms with Crippen LogP contribution in [-0.2, 0) is 27.5 Å². The predicted molar refractivity (Wildman–Crippen MR) is 143 cm³/mol. The van der Waals surface area contributed by atoms with Gasteiger partial charge in [0.2, 0.25) is 17.7 Å². The van der Waals surface area contributed by atoms with Crippen LogP contribution in [-0.4, -0.2) is 56.4 Å². The van der Waals surface area contributed by atoms with E-state index in [0.717, 1.165) is 17.5 Å². The lowest BCUT2D eigenvalue weighted by atomic mass is 9.66. The van der Waals surface area contributed by atoms with Crippen molar-refractivity contribution in [2.45, 2.75) is 61.9 Å². The van der Waals surface area contributed by atoms with Gasteiger partial charge in [-0.3, -0.25) is 14.4 Å². The molecule has 0 aliphatic carbocycles. The van der Waals surface area contributed by atoms with Crippen LogP contribution in [0.25, 0.3) is 0 Å². The monoisotopic (exact) mass is 521 g/mol. The van der Waals surface area contributed by atoms with Gasteiger partial charge in [0.05, 0.1) is 29.2 Å². The van der Waals surface area contributed by atoms with Crippen LogP contribution in [0.3, 0.4) is 0 Å². The van der Waals surface area contributed by atoms with Crippen molar-refractivity contribution in [1.82, 2.24) is 15.5 Å². The quantitative estimate of drug-likeness (QED) is 0.471. The van der Waals surface area contributed by atoms with E-state index in [2.05, 4.69) is 17.6 Å². The molecule has 2 aromatic rings. The Hall–Kier alpha value is -2.84. The number of hydrogen-bond acceptors (Lipinski definition) is 5. The highest BCUT2D eigenvalue weighted by Gasteiger charge is 2.76. The number of nitrogens with zero attached hydrogens (tertiary/aromatic N) is 1. The first-order chi connectivity index (χ1) is 17.9. The molecule has 3 heterocycles. The Kier molecular flexibility index (Phi) is 7.32. The lowest BCUT2D eigenvalue weighted by Gasteiger charge is -2.40. The number of rotatable bonds is 9. The molecule has 3 saturated heterocycles. The van der Waals surface area contributed by atoms with Crippen molar-refractivity contribution < 1.29 is 19.5 Å². The zero-order valence-corrected chi connectivity index (χ0v) is 22.1. The Balaban J connectivity index is 1.44. The number of carbonyl (C=O) groups is 3. The molecule has 8 heteroatoms. The molecule has 3 N–H and O–H groups in total. The van der Waals surface area contributed by atoms with Gasteiger partial charge in [-0.1, -0.05) is 74.5 Å². The zero-order valence-electron chi connectivity index (χ0n) is 21.3. The minimum atomic E-state index is -0.734. The molecule has 7 atom stereocenters. The van der Waals surface area contributed by atoms with Crippen molar-refractivity contribution in [2.24, 2.45) is 17.8 Å². The summed E-state index contributed by atoms with van der Waals surface area (Å²) < 4.78 is -0.695. The highest BCUT2D eigenvalue weighted by Crippen LogP contribution is 2.68. The first-order valence-electron chi connectivity index (χ1n) is 13.2. The van der Waals surface area contributed by atoms with Crippen LogP contribution in [0.4, 0.5) is 0 Å². The maximum Gasteiger partial charge on any atom is 0.244 e. The summed E-state index contributed by atoms with van der Waals surface area (Å²) >= 11 is 1.65. The van der Waals surface area contributed by atoms with Gasteiger partial charge < -0.3 is 20.6 Å². The van der Waals surface area contributed by atoms with E-state index in [1.54, 1.807) is 16.7 Å². The van der Waals surface area contributed by atoms with Gasteiger partial charge in [-0.2, -0.15) is 0 Å². The Morgan fingerprint density at radius 2 is 1.59 bits per heavy atom. The van der Waals surface area contributed by atoms with E-state index in [4.69, 9.17) is 0 Å². The second-order valence-corrected chi connectivity index (χ2v) is 12.0. The van der Waals surface area contributed by atoms with Crippen LogP contribution in [0.2, 0.25) is 0 Å². The largest absolute Gasteiger partial charge is 0.394 e. The van der Waals surface area contributed by atoms with Crippen molar-refractivity contribution in [1.29, 1.82) is 0 Å². The van der Waals surface area contributed by atoms with E-state index in [1.807, 2.05) is 67.6 Å². The molecular weight excluding hydrogens is 486 g/mol. The van der Waals surface area contributed by atoms with Gasteiger partial charge in [0.15, 0.2) is 0 Å². The molecule has 2 bridgehead atoms. The maximum absolute atomic E-state index is 14.1. The summed E-state index contributed by atoms with van der Waals surface area (Å²) in [4.78, 5) is 43.1. The Morgan fingerprint density at radius 1 is 1.03 bits per heavy atom. The summed E-state index contributed by atoms with van der Waals surface area (Å²) in [5, 5.41) is 16.3. The first-order valence-corrected chi connectivity index (χ1v) is 14.0. The van der Waals surface area contributed by atoms with Crippen molar-refractivity contribution in [2.75, 3.05) is 6.61 Å². The molecule has 0 saturated carbocycles. The standard InChI is InChI=1S/C29H35N3O4S/c1-3-21(17-33)32-25(27(35)31-16-20-12-8-5-9-13-20)29-18(2)14-22(37-29)23(24(29)28(32)36)26(34)30-15-19-10-6-4-7-11-19/h4-13,18,21-25,33H,3,14-17H2,1-2H3,(H,30,34)(H,31,35)/t18?,21-,22-,23+,24-,25?,29?/m0/s1. The average molecular weight is 522 g/mol. The van der Waals surface area contributed by atoms with Gasteiger partial charge in [-0.25, -0.2) is 0 Å². The Labute approximate surface area is 222 Å². The van der Waals surface area contributed by atoms with Crippen LogP contribution >= 0.6 is 11.8 Å². The molecule has 3 aliphatic rings. The van der Waals surface area contributed by atoms with Crippen LogP contribution in [0.15, 0.2) is 60.7 Å². The lowest BCUT2D eigenvalue weighted by molar-refractivity contribution is -0.142. The van der Waals surface area contributed by atoms with Crippen molar-refractivity contribution in [3.63, 3.8) is 0 Å². The summed E-state index contributed by atoms with van der Waals surface area (Å²) in [6.45, 7) is 4.55.